The number of halogens is 1. The van der Waals surface area contributed by atoms with Crippen molar-refractivity contribution in [2.45, 2.75) is 13.8 Å². The van der Waals surface area contributed by atoms with Gasteiger partial charge in [-0.05, 0) is 47.3 Å². The van der Waals surface area contributed by atoms with E-state index < -0.39 is 0 Å². The maximum absolute atomic E-state index is 10.6. The lowest BCUT2D eigenvalue weighted by atomic mass is 10.2. The van der Waals surface area contributed by atoms with Crippen molar-refractivity contribution < 1.29 is 9.59 Å². The van der Waals surface area contributed by atoms with Gasteiger partial charge in [-0.25, -0.2) is 0 Å². The summed E-state index contributed by atoms with van der Waals surface area (Å²) in [6.45, 7) is 3.14. The molecule has 5 heteroatoms. The Morgan fingerprint density at radius 2 is 1.76 bits per heavy atom. The van der Waals surface area contributed by atoms with Crippen molar-refractivity contribution in [1.29, 1.82) is 0 Å². The molecule has 0 saturated heterocycles. The maximum Gasteiger partial charge on any atom is 0.160 e. The molecule has 0 aliphatic rings. The van der Waals surface area contributed by atoms with Gasteiger partial charge in [-0.3, -0.25) is 9.59 Å². The second-order valence-electron chi connectivity index (χ2n) is 3.26. The van der Waals surface area contributed by atoms with Crippen molar-refractivity contribution in [3.05, 3.63) is 43.2 Å². The van der Waals surface area contributed by atoms with Crippen LogP contribution in [-0.4, -0.2) is 11.6 Å². The van der Waals surface area contributed by atoms with E-state index in [1.54, 1.807) is 25.2 Å². The second-order valence-corrected chi connectivity index (χ2v) is 6.33. The summed E-state index contributed by atoms with van der Waals surface area (Å²) < 4.78 is 1.01. The summed E-state index contributed by atoms with van der Waals surface area (Å²) in [4.78, 5) is 21.2. The van der Waals surface area contributed by atoms with Crippen LogP contribution in [0.4, 0.5) is 0 Å². The first-order chi connectivity index (χ1) is 8.00. The molecule has 0 amide bonds. The minimum absolute atomic E-state index is 0.122. The molecule has 0 fully saturated rings. The van der Waals surface area contributed by atoms with Gasteiger partial charge in [-0.15, -0.1) is 11.3 Å². The molecule has 0 atom stereocenters. The predicted octanol–water partition coefficient (Wildman–Crippen LogP) is 4.66. The SMILES string of the molecule is CC(=O)c1ccsc1.CC(=O)c1csc(Br)c1. The summed E-state index contributed by atoms with van der Waals surface area (Å²) in [5.41, 5.74) is 1.60. The van der Waals surface area contributed by atoms with Crippen LogP contribution in [-0.2, 0) is 0 Å². The Hall–Kier alpha value is -0.780. The molecule has 2 aromatic rings. The molecule has 0 radical (unpaired) electrons. The van der Waals surface area contributed by atoms with E-state index in [2.05, 4.69) is 15.9 Å². The van der Waals surface area contributed by atoms with Gasteiger partial charge in [-0.2, -0.15) is 11.3 Å². The van der Waals surface area contributed by atoms with Crippen molar-refractivity contribution in [2.75, 3.05) is 0 Å². The first-order valence-electron chi connectivity index (χ1n) is 4.79. The molecular weight excluding hydrogens is 320 g/mol. The Morgan fingerprint density at radius 3 is 2.00 bits per heavy atom. The first kappa shape index (κ1) is 14.3. The first-order valence-corrected chi connectivity index (χ1v) is 7.40. The highest BCUT2D eigenvalue weighted by atomic mass is 79.9. The number of hydrogen-bond acceptors (Lipinski definition) is 4. The van der Waals surface area contributed by atoms with Gasteiger partial charge < -0.3 is 0 Å². The van der Waals surface area contributed by atoms with Gasteiger partial charge in [0.05, 0.1) is 3.79 Å². The van der Waals surface area contributed by atoms with Crippen LogP contribution < -0.4 is 0 Å². The van der Waals surface area contributed by atoms with Crippen molar-refractivity contribution >= 4 is 50.2 Å². The molecule has 0 N–H and O–H groups in total. The van der Waals surface area contributed by atoms with E-state index in [1.165, 1.54) is 11.3 Å². The van der Waals surface area contributed by atoms with Crippen LogP contribution in [0.5, 0.6) is 0 Å². The van der Waals surface area contributed by atoms with Gasteiger partial charge in [0.1, 0.15) is 0 Å². The summed E-state index contributed by atoms with van der Waals surface area (Å²) in [5, 5.41) is 5.59. The molecule has 17 heavy (non-hydrogen) atoms. The normalized spacial score (nSPS) is 9.35. The number of hydrogen-bond donors (Lipinski definition) is 0. The van der Waals surface area contributed by atoms with Gasteiger partial charge in [0.2, 0.25) is 0 Å². The molecule has 90 valence electrons. The van der Waals surface area contributed by atoms with E-state index in [1.807, 2.05) is 28.3 Å². The van der Waals surface area contributed by atoms with Crippen LogP contribution in [0.25, 0.3) is 0 Å². The Morgan fingerprint density at radius 1 is 1.12 bits per heavy atom. The van der Waals surface area contributed by atoms with Crippen LogP contribution in [0.3, 0.4) is 0 Å². The molecule has 0 bridgehead atoms. The van der Waals surface area contributed by atoms with E-state index in [4.69, 9.17) is 0 Å². The van der Waals surface area contributed by atoms with Gasteiger partial charge in [0, 0.05) is 21.9 Å². The molecule has 0 saturated carbocycles. The fourth-order valence-electron chi connectivity index (χ4n) is 0.959. The summed E-state index contributed by atoms with van der Waals surface area (Å²) >= 11 is 6.34. The Kier molecular flexibility index (Phi) is 5.74. The van der Waals surface area contributed by atoms with E-state index >= 15 is 0 Å². The maximum atomic E-state index is 10.6. The largest absolute Gasteiger partial charge is 0.294 e. The Bertz CT molecular complexity index is 500. The molecule has 0 aliphatic heterocycles. The highest BCUT2D eigenvalue weighted by Crippen LogP contribution is 2.20. The Balaban J connectivity index is 0.000000171. The zero-order valence-corrected chi connectivity index (χ0v) is 12.6. The molecule has 2 heterocycles. The van der Waals surface area contributed by atoms with E-state index in [0.717, 1.165) is 14.9 Å². The molecule has 2 rings (SSSR count). The quantitative estimate of drug-likeness (QED) is 0.750. The fraction of sp³-hybridized carbons (Fsp3) is 0.167. The third-order valence-electron chi connectivity index (χ3n) is 1.90. The van der Waals surface area contributed by atoms with Gasteiger partial charge in [-0.1, -0.05) is 0 Å². The lowest BCUT2D eigenvalue weighted by Gasteiger charge is -1.80. The van der Waals surface area contributed by atoms with E-state index in [9.17, 15) is 9.59 Å². The van der Waals surface area contributed by atoms with Gasteiger partial charge in [0.15, 0.2) is 11.6 Å². The van der Waals surface area contributed by atoms with E-state index in [-0.39, 0.29) is 11.6 Å². The standard InChI is InChI=1S/C6H5BrOS.C6H6OS/c1-4(8)5-2-6(7)9-3-5;1-5(7)6-2-3-8-4-6/h2-3H,1H3;2-4H,1H3. The zero-order chi connectivity index (χ0) is 12.8. The van der Waals surface area contributed by atoms with Crippen molar-refractivity contribution in [3.8, 4) is 0 Å². The topological polar surface area (TPSA) is 34.1 Å². The number of carbonyl (C=O) groups is 2. The summed E-state index contributed by atoms with van der Waals surface area (Å²) in [6.07, 6.45) is 0. The highest BCUT2D eigenvalue weighted by molar-refractivity contribution is 9.11. The number of thiophene rings is 2. The third kappa shape index (κ3) is 4.93. The van der Waals surface area contributed by atoms with E-state index in [0.29, 0.717) is 0 Å². The minimum atomic E-state index is 0.122. The molecule has 0 unspecified atom stereocenters. The molecule has 0 spiro atoms. The second kappa shape index (κ2) is 6.83. The van der Waals surface area contributed by atoms with Gasteiger partial charge in [0.25, 0.3) is 0 Å². The van der Waals surface area contributed by atoms with Crippen LogP contribution in [0, 0.1) is 0 Å². The smallest absolute Gasteiger partial charge is 0.160 e. The number of rotatable bonds is 2. The average Bonchev–Trinajstić information content (AvgIpc) is 2.87. The molecule has 2 nitrogen and oxygen atoms in total. The third-order valence-corrected chi connectivity index (χ3v) is 4.09. The number of carbonyl (C=O) groups excluding carboxylic acids is 2. The predicted molar refractivity (Wildman–Crippen MR) is 76.3 cm³/mol. The monoisotopic (exact) mass is 330 g/mol. The van der Waals surface area contributed by atoms with Crippen molar-refractivity contribution in [3.63, 3.8) is 0 Å². The zero-order valence-electron chi connectivity index (χ0n) is 9.40. The highest BCUT2D eigenvalue weighted by Gasteiger charge is 1.99. The Labute approximate surface area is 116 Å². The van der Waals surface area contributed by atoms with Crippen LogP contribution in [0.2, 0.25) is 0 Å². The summed E-state index contributed by atoms with van der Waals surface area (Å²) in [7, 11) is 0. The van der Waals surface area contributed by atoms with Gasteiger partial charge >= 0.3 is 0 Å². The molecule has 0 aliphatic carbocycles. The number of ketones is 2. The fourth-order valence-corrected chi connectivity index (χ4v) is 2.85. The lowest BCUT2D eigenvalue weighted by molar-refractivity contribution is 0.101. The van der Waals surface area contributed by atoms with Crippen LogP contribution in [0.1, 0.15) is 34.6 Å². The lowest BCUT2D eigenvalue weighted by Crippen LogP contribution is -1.85. The van der Waals surface area contributed by atoms with Crippen LogP contribution >= 0.6 is 38.6 Å². The number of Topliss-reactive ketones (excluding diaryl/α,β-unsaturated/α-hetero) is 2. The van der Waals surface area contributed by atoms with Crippen LogP contribution in [0.15, 0.2) is 32.1 Å². The van der Waals surface area contributed by atoms with Crippen molar-refractivity contribution in [2.24, 2.45) is 0 Å². The summed E-state index contributed by atoms with van der Waals surface area (Å²) in [6, 6.07) is 3.65. The molecule has 0 aromatic carbocycles. The van der Waals surface area contributed by atoms with Crippen molar-refractivity contribution in [1.82, 2.24) is 0 Å². The molecular formula is C12H11BrO2S2. The molecule has 2 aromatic heterocycles. The summed E-state index contributed by atoms with van der Waals surface area (Å²) in [5.74, 6) is 0.267. The minimum Gasteiger partial charge on any atom is -0.294 e. The average molecular weight is 331 g/mol.